The highest BCUT2D eigenvalue weighted by molar-refractivity contribution is 5.18. The van der Waals surface area contributed by atoms with Crippen molar-refractivity contribution in [2.75, 3.05) is 6.54 Å². The quantitative estimate of drug-likeness (QED) is 0.437. The van der Waals surface area contributed by atoms with Gasteiger partial charge in [-0.3, -0.25) is 0 Å². The van der Waals surface area contributed by atoms with E-state index in [1.807, 2.05) is 0 Å². The molecule has 68 valence electrons. The lowest BCUT2D eigenvalue weighted by Gasteiger charge is -2.00. The van der Waals surface area contributed by atoms with Crippen molar-refractivity contribution in [3.63, 3.8) is 0 Å². The molecule has 0 radical (unpaired) electrons. The SMILES string of the molecule is N#CNCCc1cc(F)cc(F)c1. The molecule has 0 bridgehead atoms. The summed E-state index contributed by atoms with van der Waals surface area (Å²) < 4.78 is 25.2. The average Bonchev–Trinajstić information content (AvgIpc) is 2.03. The van der Waals surface area contributed by atoms with Crippen LogP contribution in [0.5, 0.6) is 0 Å². The van der Waals surface area contributed by atoms with Gasteiger partial charge < -0.3 is 5.32 Å². The van der Waals surface area contributed by atoms with Gasteiger partial charge in [0.25, 0.3) is 0 Å². The predicted molar refractivity (Wildman–Crippen MR) is 43.7 cm³/mol. The molecular formula is C9H8F2N2. The van der Waals surface area contributed by atoms with Crippen LogP contribution < -0.4 is 5.32 Å². The second kappa shape index (κ2) is 4.41. The lowest BCUT2D eigenvalue weighted by atomic mass is 10.1. The molecule has 0 atom stereocenters. The van der Waals surface area contributed by atoms with Gasteiger partial charge in [-0.1, -0.05) is 0 Å². The first-order valence-corrected chi connectivity index (χ1v) is 3.79. The van der Waals surface area contributed by atoms with Crippen LogP contribution in [0.25, 0.3) is 0 Å². The van der Waals surface area contributed by atoms with Crippen LogP contribution in [0.1, 0.15) is 5.56 Å². The minimum Gasteiger partial charge on any atom is -0.324 e. The van der Waals surface area contributed by atoms with Crippen LogP contribution in [0, 0.1) is 23.1 Å². The van der Waals surface area contributed by atoms with Crippen molar-refractivity contribution < 1.29 is 8.78 Å². The Morgan fingerprint density at radius 1 is 1.23 bits per heavy atom. The van der Waals surface area contributed by atoms with Crippen LogP contribution >= 0.6 is 0 Å². The summed E-state index contributed by atoms with van der Waals surface area (Å²) in [6.45, 7) is 0.388. The molecule has 2 nitrogen and oxygen atoms in total. The zero-order valence-corrected chi connectivity index (χ0v) is 6.85. The first kappa shape index (κ1) is 9.46. The zero-order chi connectivity index (χ0) is 9.68. The van der Waals surface area contributed by atoms with E-state index < -0.39 is 11.6 Å². The van der Waals surface area contributed by atoms with Gasteiger partial charge in [-0.2, -0.15) is 5.26 Å². The van der Waals surface area contributed by atoms with Crippen LogP contribution in [0.4, 0.5) is 8.78 Å². The Hall–Kier alpha value is -1.63. The van der Waals surface area contributed by atoms with Crippen molar-refractivity contribution in [2.24, 2.45) is 0 Å². The fourth-order valence-electron chi connectivity index (χ4n) is 1.02. The highest BCUT2D eigenvalue weighted by atomic mass is 19.1. The third-order valence-electron chi connectivity index (χ3n) is 1.54. The smallest absolute Gasteiger partial charge is 0.176 e. The summed E-state index contributed by atoms with van der Waals surface area (Å²) in [7, 11) is 0. The van der Waals surface area contributed by atoms with E-state index in [1.165, 1.54) is 12.1 Å². The summed E-state index contributed by atoms with van der Waals surface area (Å²) in [5, 5.41) is 10.5. The number of hydrogen-bond donors (Lipinski definition) is 1. The minimum atomic E-state index is -0.591. The molecule has 1 rings (SSSR count). The molecule has 1 aromatic carbocycles. The summed E-state index contributed by atoms with van der Waals surface area (Å²) in [6, 6.07) is 3.32. The second-order valence-corrected chi connectivity index (χ2v) is 2.57. The van der Waals surface area contributed by atoms with Crippen molar-refractivity contribution in [1.29, 1.82) is 5.26 Å². The molecule has 1 aromatic rings. The van der Waals surface area contributed by atoms with Crippen LogP contribution in [-0.2, 0) is 6.42 Å². The molecule has 1 N–H and O–H groups in total. The number of nitrogens with zero attached hydrogens (tertiary/aromatic N) is 1. The average molecular weight is 182 g/mol. The fraction of sp³-hybridized carbons (Fsp3) is 0.222. The zero-order valence-electron chi connectivity index (χ0n) is 6.85. The Labute approximate surface area is 74.8 Å². The molecule has 0 saturated carbocycles. The summed E-state index contributed by atoms with van der Waals surface area (Å²) in [5.74, 6) is -1.18. The summed E-state index contributed by atoms with van der Waals surface area (Å²) >= 11 is 0. The summed E-state index contributed by atoms with van der Waals surface area (Å²) in [4.78, 5) is 0. The van der Waals surface area contributed by atoms with Gasteiger partial charge >= 0.3 is 0 Å². The van der Waals surface area contributed by atoms with E-state index >= 15 is 0 Å². The van der Waals surface area contributed by atoms with Crippen molar-refractivity contribution >= 4 is 0 Å². The van der Waals surface area contributed by atoms with Crippen LogP contribution in [0.3, 0.4) is 0 Å². The maximum Gasteiger partial charge on any atom is 0.176 e. The molecule has 4 heteroatoms. The van der Waals surface area contributed by atoms with E-state index in [1.54, 1.807) is 6.19 Å². The Bertz CT molecular complexity index is 311. The highest BCUT2D eigenvalue weighted by Crippen LogP contribution is 2.07. The third kappa shape index (κ3) is 3.08. The van der Waals surface area contributed by atoms with Gasteiger partial charge in [0, 0.05) is 12.6 Å². The number of hydrogen-bond acceptors (Lipinski definition) is 2. The first-order valence-electron chi connectivity index (χ1n) is 3.79. The van der Waals surface area contributed by atoms with E-state index in [-0.39, 0.29) is 0 Å². The van der Waals surface area contributed by atoms with Gasteiger partial charge in [-0.15, -0.1) is 0 Å². The largest absolute Gasteiger partial charge is 0.324 e. The minimum absolute atomic E-state index is 0.388. The first-order chi connectivity index (χ1) is 6.22. The van der Waals surface area contributed by atoms with Crippen molar-refractivity contribution in [3.05, 3.63) is 35.4 Å². The summed E-state index contributed by atoms with van der Waals surface area (Å²) in [6.07, 6.45) is 2.16. The molecule has 0 aliphatic rings. The molecule has 0 spiro atoms. The molecule has 0 fully saturated rings. The molecule has 13 heavy (non-hydrogen) atoms. The Kier molecular flexibility index (Phi) is 3.21. The number of rotatable bonds is 3. The molecule has 0 unspecified atom stereocenters. The van der Waals surface area contributed by atoms with E-state index in [4.69, 9.17) is 5.26 Å². The van der Waals surface area contributed by atoms with Crippen LogP contribution in [0.15, 0.2) is 18.2 Å². The van der Waals surface area contributed by atoms with Gasteiger partial charge in [0.2, 0.25) is 0 Å². The highest BCUT2D eigenvalue weighted by Gasteiger charge is 1.99. The molecule has 0 aliphatic heterocycles. The van der Waals surface area contributed by atoms with E-state index in [0.29, 0.717) is 18.5 Å². The van der Waals surface area contributed by atoms with Gasteiger partial charge in [-0.25, -0.2) is 8.78 Å². The number of benzene rings is 1. The molecule has 0 saturated heterocycles. The van der Waals surface area contributed by atoms with Gasteiger partial charge in [-0.05, 0) is 24.1 Å². The van der Waals surface area contributed by atoms with Gasteiger partial charge in [0.05, 0.1) is 0 Å². The van der Waals surface area contributed by atoms with Crippen LogP contribution in [0.2, 0.25) is 0 Å². The molecule has 0 amide bonds. The monoisotopic (exact) mass is 182 g/mol. The maximum absolute atomic E-state index is 12.6. The standard InChI is InChI=1S/C9H8F2N2/c10-8-3-7(1-2-13-6-12)4-9(11)5-8/h3-5,13H,1-2H2. The van der Waals surface area contributed by atoms with Crippen molar-refractivity contribution in [2.45, 2.75) is 6.42 Å². The lowest BCUT2D eigenvalue weighted by Crippen LogP contribution is -2.10. The van der Waals surface area contributed by atoms with Crippen molar-refractivity contribution in [1.82, 2.24) is 5.32 Å². The van der Waals surface area contributed by atoms with Crippen molar-refractivity contribution in [3.8, 4) is 6.19 Å². The normalized spacial score (nSPS) is 9.31. The molecule has 0 aromatic heterocycles. The van der Waals surface area contributed by atoms with E-state index in [0.717, 1.165) is 6.07 Å². The fourth-order valence-corrected chi connectivity index (χ4v) is 1.02. The second-order valence-electron chi connectivity index (χ2n) is 2.57. The Morgan fingerprint density at radius 3 is 2.38 bits per heavy atom. The third-order valence-corrected chi connectivity index (χ3v) is 1.54. The topological polar surface area (TPSA) is 35.8 Å². The predicted octanol–water partition coefficient (Wildman–Crippen LogP) is 1.58. The molecule has 0 heterocycles. The Morgan fingerprint density at radius 2 is 1.85 bits per heavy atom. The number of nitriles is 1. The van der Waals surface area contributed by atoms with Crippen LogP contribution in [-0.4, -0.2) is 6.54 Å². The lowest BCUT2D eigenvalue weighted by molar-refractivity contribution is 0.579. The molecular weight excluding hydrogens is 174 g/mol. The maximum atomic E-state index is 12.6. The summed E-state index contributed by atoms with van der Waals surface area (Å²) in [5.41, 5.74) is 0.542. The number of nitrogens with one attached hydrogen (secondary N) is 1. The molecule has 0 aliphatic carbocycles. The van der Waals surface area contributed by atoms with Gasteiger partial charge in [0.15, 0.2) is 6.19 Å². The van der Waals surface area contributed by atoms with E-state index in [9.17, 15) is 8.78 Å². The van der Waals surface area contributed by atoms with E-state index in [2.05, 4.69) is 5.32 Å². The Balaban J connectivity index is 2.62. The number of halogens is 2. The van der Waals surface area contributed by atoms with Gasteiger partial charge in [0.1, 0.15) is 11.6 Å².